The second-order valence-corrected chi connectivity index (χ2v) is 3.85. The number of aromatic nitrogens is 1. The zero-order valence-corrected chi connectivity index (χ0v) is 8.82. The molecule has 0 radical (unpaired) electrons. The molecule has 1 N–H and O–H groups in total. The van der Waals surface area contributed by atoms with E-state index in [1.54, 1.807) is 0 Å². The molecular weight excluding hydrogens is 211 g/mol. The molecule has 86 valence electrons. The number of hydrogen-bond donors (Lipinski definition) is 1. The Bertz CT molecular complexity index is 403. The smallest absolute Gasteiger partial charge is 0.338 e. The fourth-order valence-corrected chi connectivity index (χ4v) is 1.92. The summed E-state index contributed by atoms with van der Waals surface area (Å²) in [6, 6.07) is 1.19. The average Bonchev–Trinajstić information content (AvgIpc) is 2.30. The Labute approximate surface area is 92.7 Å². The van der Waals surface area contributed by atoms with Gasteiger partial charge < -0.3 is 10.0 Å². The summed E-state index contributed by atoms with van der Waals surface area (Å²) in [5.74, 6) is -1.81. The van der Waals surface area contributed by atoms with Gasteiger partial charge in [0.15, 0.2) is 11.6 Å². The van der Waals surface area contributed by atoms with Crippen LogP contribution in [0.1, 0.15) is 29.6 Å². The molecule has 0 unspecified atom stereocenters. The highest BCUT2D eigenvalue weighted by Crippen LogP contribution is 2.22. The van der Waals surface area contributed by atoms with Crippen molar-refractivity contribution in [1.82, 2.24) is 4.98 Å². The average molecular weight is 224 g/mol. The van der Waals surface area contributed by atoms with Gasteiger partial charge in [-0.25, -0.2) is 14.2 Å². The molecule has 2 rings (SSSR count). The topological polar surface area (TPSA) is 53.4 Å². The number of aromatic carboxylic acids is 1. The lowest BCUT2D eigenvalue weighted by Crippen LogP contribution is -2.31. The van der Waals surface area contributed by atoms with Crippen molar-refractivity contribution in [3.63, 3.8) is 0 Å². The summed E-state index contributed by atoms with van der Waals surface area (Å²) in [6.45, 7) is 1.49. The van der Waals surface area contributed by atoms with E-state index in [-0.39, 0.29) is 11.4 Å². The number of anilines is 1. The summed E-state index contributed by atoms with van der Waals surface area (Å²) >= 11 is 0. The minimum atomic E-state index is -1.25. The van der Waals surface area contributed by atoms with E-state index in [0.717, 1.165) is 32.4 Å². The van der Waals surface area contributed by atoms with Gasteiger partial charge in [0.25, 0.3) is 0 Å². The van der Waals surface area contributed by atoms with Gasteiger partial charge in [-0.3, -0.25) is 0 Å². The maximum Gasteiger partial charge on any atom is 0.338 e. The van der Waals surface area contributed by atoms with E-state index in [1.807, 2.05) is 4.90 Å². The first-order chi connectivity index (χ1) is 7.70. The molecule has 0 aliphatic carbocycles. The number of nitrogens with zero attached hydrogens (tertiary/aromatic N) is 2. The Morgan fingerprint density at radius 1 is 1.38 bits per heavy atom. The first kappa shape index (κ1) is 10.9. The van der Waals surface area contributed by atoms with E-state index in [9.17, 15) is 9.18 Å². The first-order valence-electron chi connectivity index (χ1n) is 5.33. The normalized spacial score (nSPS) is 16.2. The predicted octanol–water partition coefficient (Wildman–Crippen LogP) is 1.91. The summed E-state index contributed by atoms with van der Waals surface area (Å²) in [5, 5.41) is 8.80. The van der Waals surface area contributed by atoms with E-state index in [4.69, 9.17) is 5.11 Å². The number of hydrogen-bond acceptors (Lipinski definition) is 3. The van der Waals surface area contributed by atoms with E-state index in [1.165, 1.54) is 12.3 Å². The Morgan fingerprint density at radius 2 is 2.06 bits per heavy atom. The predicted molar refractivity (Wildman–Crippen MR) is 57.2 cm³/mol. The second-order valence-electron chi connectivity index (χ2n) is 3.85. The van der Waals surface area contributed by atoms with Crippen LogP contribution in [-0.2, 0) is 0 Å². The monoisotopic (exact) mass is 224 g/mol. The van der Waals surface area contributed by atoms with Gasteiger partial charge in [-0.1, -0.05) is 0 Å². The maximum absolute atomic E-state index is 13.8. The zero-order chi connectivity index (χ0) is 11.5. The molecule has 0 bridgehead atoms. The van der Waals surface area contributed by atoms with Crippen molar-refractivity contribution in [3.8, 4) is 0 Å². The molecule has 0 spiro atoms. The first-order valence-corrected chi connectivity index (χ1v) is 5.33. The van der Waals surface area contributed by atoms with Crippen LogP contribution in [0.15, 0.2) is 12.3 Å². The number of pyridine rings is 1. The second kappa shape index (κ2) is 4.47. The third-order valence-electron chi connectivity index (χ3n) is 2.76. The molecule has 1 saturated heterocycles. The summed E-state index contributed by atoms with van der Waals surface area (Å²) in [7, 11) is 0. The molecule has 0 aromatic carbocycles. The number of carboxylic acids is 1. The minimum absolute atomic E-state index is 0.166. The lowest BCUT2D eigenvalue weighted by Gasteiger charge is -2.28. The zero-order valence-electron chi connectivity index (χ0n) is 8.82. The van der Waals surface area contributed by atoms with Crippen LogP contribution in [0.3, 0.4) is 0 Å². The van der Waals surface area contributed by atoms with Crippen LogP contribution >= 0.6 is 0 Å². The van der Waals surface area contributed by atoms with Crippen LogP contribution < -0.4 is 4.90 Å². The van der Waals surface area contributed by atoms with Gasteiger partial charge in [0.1, 0.15) is 5.56 Å². The molecule has 0 atom stereocenters. The van der Waals surface area contributed by atoms with Gasteiger partial charge >= 0.3 is 5.97 Å². The Hall–Kier alpha value is -1.65. The van der Waals surface area contributed by atoms with Crippen LogP contribution in [0.25, 0.3) is 0 Å². The molecule has 5 heteroatoms. The molecule has 0 amide bonds. The van der Waals surface area contributed by atoms with Gasteiger partial charge in [0, 0.05) is 19.3 Å². The molecule has 16 heavy (non-hydrogen) atoms. The third kappa shape index (κ3) is 1.98. The molecule has 1 aromatic rings. The fourth-order valence-electron chi connectivity index (χ4n) is 1.92. The number of halogens is 1. The molecule has 0 saturated carbocycles. The quantitative estimate of drug-likeness (QED) is 0.833. The molecule has 4 nitrogen and oxygen atoms in total. The van der Waals surface area contributed by atoms with Crippen molar-refractivity contribution in [2.75, 3.05) is 18.0 Å². The van der Waals surface area contributed by atoms with Crippen LogP contribution in [0.5, 0.6) is 0 Å². The number of carbonyl (C=O) groups is 1. The van der Waals surface area contributed by atoms with Gasteiger partial charge in [-0.15, -0.1) is 0 Å². The lowest BCUT2D eigenvalue weighted by atomic mass is 10.1. The van der Waals surface area contributed by atoms with Gasteiger partial charge in [0.05, 0.1) is 0 Å². The molecule has 1 aliphatic heterocycles. The Morgan fingerprint density at radius 3 is 2.69 bits per heavy atom. The van der Waals surface area contributed by atoms with Gasteiger partial charge in [-0.2, -0.15) is 0 Å². The standard InChI is InChI=1S/C11H13FN2O2/c12-9-8(11(15)16)4-5-13-10(9)14-6-2-1-3-7-14/h4-5H,1-3,6-7H2,(H,15,16). The number of carboxylic acid groups (broad SMARTS) is 1. The fraction of sp³-hybridized carbons (Fsp3) is 0.455. The van der Waals surface area contributed by atoms with Crippen LogP contribution in [0.4, 0.5) is 10.2 Å². The summed E-state index contributed by atoms with van der Waals surface area (Å²) in [5.41, 5.74) is -0.310. The molecule has 2 heterocycles. The van der Waals surface area contributed by atoms with Crippen molar-refractivity contribution in [2.45, 2.75) is 19.3 Å². The highest BCUT2D eigenvalue weighted by molar-refractivity contribution is 5.88. The Balaban J connectivity index is 2.33. The number of rotatable bonds is 2. The van der Waals surface area contributed by atoms with Gasteiger partial charge in [0.2, 0.25) is 0 Å². The maximum atomic E-state index is 13.8. The van der Waals surface area contributed by atoms with Crippen molar-refractivity contribution in [3.05, 3.63) is 23.6 Å². The van der Waals surface area contributed by atoms with Crippen LogP contribution in [0.2, 0.25) is 0 Å². The van der Waals surface area contributed by atoms with E-state index >= 15 is 0 Å². The van der Waals surface area contributed by atoms with Crippen LogP contribution in [0, 0.1) is 5.82 Å². The Kier molecular flexibility index (Phi) is 3.03. The van der Waals surface area contributed by atoms with Gasteiger partial charge in [-0.05, 0) is 25.3 Å². The van der Waals surface area contributed by atoms with Crippen LogP contribution in [-0.4, -0.2) is 29.1 Å². The highest BCUT2D eigenvalue weighted by Gasteiger charge is 2.20. The van der Waals surface area contributed by atoms with Crippen molar-refractivity contribution >= 4 is 11.8 Å². The van der Waals surface area contributed by atoms with Crippen molar-refractivity contribution < 1.29 is 14.3 Å². The number of piperidine rings is 1. The lowest BCUT2D eigenvalue weighted by molar-refractivity contribution is 0.0691. The summed E-state index contributed by atoms with van der Waals surface area (Å²) in [4.78, 5) is 16.5. The van der Waals surface area contributed by atoms with E-state index in [0.29, 0.717) is 0 Å². The summed E-state index contributed by atoms with van der Waals surface area (Å²) < 4.78 is 13.8. The minimum Gasteiger partial charge on any atom is -0.478 e. The molecular formula is C11H13FN2O2. The third-order valence-corrected chi connectivity index (χ3v) is 2.76. The molecule has 1 aromatic heterocycles. The molecule has 1 fully saturated rings. The largest absolute Gasteiger partial charge is 0.478 e. The molecule has 1 aliphatic rings. The van der Waals surface area contributed by atoms with Crippen molar-refractivity contribution in [1.29, 1.82) is 0 Å². The van der Waals surface area contributed by atoms with E-state index in [2.05, 4.69) is 4.98 Å². The van der Waals surface area contributed by atoms with Crippen molar-refractivity contribution in [2.24, 2.45) is 0 Å². The van der Waals surface area contributed by atoms with E-state index < -0.39 is 11.8 Å². The summed E-state index contributed by atoms with van der Waals surface area (Å²) in [6.07, 6.45) is 4.48. The SMILES string of the molecule is O=C(O)c1ccnc(N2CCCCC2)c1F. The highest BCUT2D eigenvalue weighted by atomic mass is 19.1.